The van der Waals surface area contributed by atoms with Gasteiger partial charge in [0.05, 0.1) is 7.11 Å². The number of ether oxygens (including phenoxy) is 1. The summed E-state index contributed by atoms with van der Waals surface area (Å²) in [5, 5.41) is 0. The first-order chi connectivity index (χ1) is 9.71. The smallest absolute Gasteiger partial charge is 0.126 e. The summed E-state index contributed by atoms with van der Waals surface area (Å²) in [6, 6.07) is 3.83. The second kappa shape index (κ2) is 7.07. The van der Waals surface area contributed by atoms with Crippen LogP contribution in [-0.4, -0.2) is 31.1 Å². The van der Waals surface area contributed by atoms with E-state index in [9.17, 15) is 4.39 Å². The summed E-state index contributed by atoms with van der Waals surface area (Å²) in [6.45, 7) is 6.70. The van der Waals surface area contributed by atoms with E-state index in [1.54, 1.807) is 13.2 Å². The number of rotatable bonds is 6. The van der Waals surface area contributed by atoms with Crippen LogP contribution in [0.3, 0.4) is 0 Å². The lowest BCUT2D eigenvalue weighted by atomic mass is 9.86. The molecule has 0 bridgehead atoms. The Labute approximate surface area is 121 Å². The maximum atomic E-state index is 13.9. The molecule has 0 amide bonds. The number of methoxy groups -OCH3 is 1. The summed E-state index contributed by atoms with van der Waals surface area (Å²) in [4.78, 5) is 2.56. The van der Waals surface area contributed by atoms with Crippen LogP contribution in [0.15, 0.2) is 12.1 Å². The highest BCUT2D eigenvalue weighted by molar-refractivity contribution is 5.43. The van der Waals surface area contributed by atoms with E-state index in [1.807, 2.05) is 0 Å². The zero-order valence-electron chi connectivity index (χ0n) is 12.9. The molecule has 112 valence electrons. The Balaban J connectivity index is 2.22. The van der Waals surface area contributed by atoms with Gasteiger partial charge in [-0.05, 0) is 62.9 Å². The first-order valence-electron chi connectivity index (χ1n) is 7.79. The lowest BCUT2D eigenvalue weighted by Gasteiger charge is -2.35. The Kier molecular flexibility index (Phi) is 5.41. The van der Waals surface area contributed by atoms with E-state index in [0.29, 0.717) is 6.04 Å². The molecule has 0 aromatic heterocycles. The molecule has 0 radical (unpaired) electrons. The lowest BCUT2D eigenvalue weighted by Crippen LogP contribution is -2.40. The molecular weight excluding hydrogens is 253 g/mol. The van der Waals surface area contributed by atoms with E-state index < -0.39 is 0 Å². The van der Waals surface area contributed by atoms with Crippen molar-refractivity contribution in [2.24, 2.45) is 0 Å². The predicted octanol–water partition coefficient (Wildman–Crippen LogP) is 3.81. The fourth-order valence-corrected chi connectivity index (χ4v) is 3.34. The first-order valence-corrected chi connectivity index (χ1v) is 7.79. The Hall–Kier alpha value is -1.09. The molecule has 2 rings (SSSR count). The monoisotopic (exact) mass is 279 g/mol. The van der Waals surface area contributed by atoms with Gasteiger partial charge in [-0.1, -0.05) is 13.8 Å². The van der Waals surface area contributed by atoms with Crippen molar-refractivity contribution in [1.29, 1.82) is 0 Å². The average molecular weight is 279 g/mol. The Morgan fingerprint density at radius 1 is 1.20 bits per heavy atom. The third-order valence-corrected chi connectivity index (χ3v) is 4.26. The lowest BCUT2D eigenvalue weighted by molar-refractivity contribution is 0.178. The molecule has 0 aliphatic heterocycles. The average Bonchev–Trinajstić information content (AvgIpc) is 2.47. The van der Waals surface area contributed by atoms with Crippen LogP contribution >= 0.6 is 0 Å². The fourth-order valence-electron chi connectivity index (χ4n) is 3.34. The Bertz CT molecular complexity index is 441. The summed E-state index contributed by atoms with van der Waals surface area (Å²) in [5.74, 6) is 0.774. The maximum Gasteiger partial charge on any atom is 0.126 e. The van der Waals surface area contributed by atoms with Crippen LogP contribution in [0.2, 0.25) is 0 Å². The van der Waals surface area contributed by atoms with Gasteiger partial charge < -0.3 is 9.64 Å². The highest BCUT2D eigenvalue weighted by Crippen LogP contribution is 2.33. The highest BCUT2D eigenvalue weighted by Gasteiger charge is 2.27. The van der Waals surface area contributed by atoms with Crippen LogP contribution in [0.5, 0.6) is 5.75 Å². The number of hydrogen-bond donors (Lipinski definition) is 0. The van der Waals surface area contributed by atoms with E-state index >= 15 is 0 Å². The summed E-state index contributed by atoms with van der Waals surface area (Å²) >= 11 is 0. The van der Waals surface area contributed by atoms with Crippen molar-refractivity contribution in [2.45, 2.75) is 52.0 Å². The van der Waals surface area contributed by atoms with Gasteiger partial charge in [0.15, 0.2) is 0 Å². The molecule has 1 aromatic rings. The van der Waals surface area contributed by atoms with Crippen LogP contribution in [-0.2, 0) is 12.8 Å². The molecule has 1 aromatic carbocycles. The van der Waals surface area contributed by atoms with Gasteiger partial charge in [0.1, 0.15) is 11.6 Å². The van der Waals surface area contributed by atoms with Crippen molar-refractivity contribution in [2.75, 3.05) is 20.2 Å². The third kappa shape index (κ3) is 3.14. The number of halogens is 1. The molecule has 20 heavy (non-hydrogen) atoms. The van der Waals surface area contributed by atoms with Gasteiger partial charge in [-0.2, -0.15) is 0 Å². The molecule has 0 fully saturated rings. The molecule has 0 heterocycles. The molecular formula is C17H26FNO. The first kappa shape index (κ1) is 15.3. The van der Waals surface area contributed by atoms with Gasteiger partial charge in [0.2, 0.25) is 0 Å². The van der Waals surface area contributed by atoms with E-state index in [4.69, 9.17) is 4.74 Å². The summed E-state index contributed by atoms with van der Waals surface area (Å²) in [6.07, 6.45) is 5.13. The van der Waals surface area contributed by atoms with Crippen LogP contribution in [0.4, 0.5) is 4.39 Å². The maximum absolute atomic E-state index is 13.9. The molecule has 1 aliphatic rings. The van der Waals surface area contributed by atoms with Crippen LogP contribution in [0.1, 0.15) is 44.2 Å². The molecule has 0 saturated heterocycles. The summed E-state index contributed by atoms with van der Waals surface area (Å²) < 4.78 is 19.4. The van der Waals surface area contributed by atoms with E-state index in [0.717, 1.165) is 49.2 Å². The van der Waals surface area contributed by atoms with Crippen LogP contribution < -0.4 is 4.74 Å². The van der Waals surface area contributed by atoms with Crippen LogP contribution in [0, 0.1) is 5.82 Å². The normalized spacial score (nSPS) is 18.1. The van der Waals surface area contributed by atoms with Crippen molar-refractivity contribution >= 4 is 0 Å². The quantitative estimate of drug-likeness (QED) is 0.785. The van der Waals surface area contributed by atoms with Crippen molar-refractivity contribution in [3.05, 3.63) is 29.1 Å². The minimum absolute atomic E-state index is 0.0724. The van der Waals surface area contributed by atoms with E-state index in [2.05, 4.69) is 18.7 Å². The van der Waals surface area contributed by atoms with Gasteiger partial charge in [-0.3, -0.25) is 0 Å². The van der Waals surface area contributed by atoms with Crippen molar-refractivity contribution in [3.8, 4) is 5.75 Å². The molecule has 0 saturated carbocycles. The van der Waals surface area contributed by atoms with Crippen molar-refractivity contribution < 1.29 is 9.13 Å². The second-order valence-corrected chi connectivity index (χ2v) is 5.64. The van der Waals surface area contributed by atoms with Gasteiger partial charge >= 0.3 is 0 Å². The van der Waals surface area contributed by atoms with Gasteiger partial charge in [-0.25, -0.2) is 4.39 Å². The third-order valence-electron chi connectivity index (χ3n) is 4.26. The van der Waals surface area contributed by atoms with Gasteiger partial charge in [0.25, 0.3) is 0 Å². The molecule has 3 heteroatoms. The molecule has 1 atom stereocenters. The number of hydrogen-bond acceptors (Lipinski definition) is 2. The fraction of sp³-hybridized carbons (Fsp3) is 0.647. The minimum atomic E-state index is -0.0724. The number of benzene rings is 1. The highest BCUT2D eigenvalue weighted by atomic mass is 19.1. The largest absolute Gasteiger partial charge is 0.496 e. The van der Waals surface area contributed by atoms with E-state index in [-0.39, 0.29) is 5.82 Å². The summed E-state index contributed by atoms with van der Waals surface area (Å²) in [5.41, 5.74) is 1.95. The number of fused-ring (bicyclic) bond motifs is 1. The minimum Gasteiger partial charge on any atom is -0.496 e. The Morgan fingerprint density at radius 2 is 1.90 bits per heavy atom. The second-order valence-electron chi connectivity index (χ2n) is 5.64. The number of nitrogens with zero attached hydrogens (tertiary/aromatic N) is 1. The molecule has 1 unspecified atom stereocenters. The Morgan fingerprint density at radius 3 is 2.50 bits per heavy atom. The molecule has 2 nitrogen and oxygen atoms in total. The van der Waals surface area contributed by atoms with Crippen molar-refractivity contribution in [3.63, 3.8) is 0 Å². The SMILES string of the molecule is CCCN(CCC)C1CCc2c(F)ccc(OC)c2C1. The van der Waals surface area contributed by atoms with Gasteiger partial charge in [0, 0.05) is 11.6 Å². The zero-order chi connectivity index (χ0) is 14.5. The molecule has 1 aliphatic carbocycles. The molecule has 0 N–H and O–H groups in total. The van der Waals surface area contributed by atoms with Crippen LogP contribution in [0.25, 0.3) is 0 Å². The standard InChI is InChI=1S/C17H26FNO/c1-4-10-19(11-5-2)13-6-7-14-15(12-13)17(20-3)9-8-16(14)18/h8-9,13H,4-7,10-12H2,1-3H3. The predicted molar refractivity (Wildman–Crippen MR) is 80.9 cm³/mol. The topological polar surface area (TPSA) is 12.5 Å². The van der Waals surface area contributed by atoms with E-state index in [1.165, 1.54) is 18.9 Å². The van der Waals surface area contributed by atoms with Crippen molar-refractivity contribution in [1.82, 2.24) is 4.90 Å². The zero-order valence-corrected chi connectivity index (χ0v) is 12.9. The van der Waals surface area contributed by atoms with Gasteiger partial charge in [-0.15, -0.1) is 0 Å². The molecule has 0 spiro atoms. The summed E-state index contributed by atoms with van der Waals surface area (Å²) in [7, 11) is 1.67.